The van der Waals surface area contributed by atoms with Crippen molar-refractivity contribution in [2.45, 2.75) is 237 Å². The summed E-state index contributed by atoms with van der Waals surface area (Å²) in [5.74, 6) is 11.0. The molecule has 8 rings (SSSR count). The Balaban J connectivity index is 0.000000618. The lowest BCUT2D eigenvalue weighted by atomic mass is 10.2. The van der Waals surface area contributed by atoms with E-state index in [2.05, 4.69) is 208 Å². The minimum Gasteiger partial charge on any atom is -0.336 e. The van der Waals surface area contributed by atoms with Crippen LogP contribution < -0.4 is 106 Å². The van der Waals surface area contributed by atoms with E-state index in [1.54, 1.807) is 47.8 Å². The van der Waals surface area contributed by atoms with Crippen molar-refractivity contribution < 1.29 is 0 Å². The van der Waals surface area contributed by atoms with Crippen molar-refractivity contribution in [2.75, 3.05) is 109 Å². The maximum Gasteiger partial charge on any atom is 0.202 e. The van der Waals surface area contributed by atoms with Gasteiger partial charge in [-0.05, 0) is 108 Å². The molecule has 8 heterocycles. The van der Waals surface area contributed by atoms with Crippen LogP contribution in [0.1, 0.15) is 188 Å². The first-order valence-electron chi connectivity index (χ1n) is 38.5. The zero-order valence-electron chi connectivity index (χ0n) is 69.9. The molecular weight excluding hydrogens is 1380 g/mol. The number of hydrogen-bond donors (Lipinski definition) is 24. The highest BCUT2D eigenvalue weighted by atomic mass is 15.5. The van der Waals surface area contributed by atoms with E-state index in [1.165, 1.54) is 32.1 Å². The smallest absolute Gasteiger partial charge is 0.202 e. The molecule has 0 aromatic carbocycles. The lowest BCUT2D eigenvalue weighted by Crippen LogP contribution is -2.62. The fourth-order valence-electron chi connectivity index (χ4n) is 9.43. The van der Waals surface area contributed by atoms with Crippen LogP contribution in [0.5, 0.6) is 0 Å². The van der Waals surface area contributed by atoms with Crippen LogP contribution in [-0.2, 0) is 0 Å². The molecular formula is C68H144N40. The monoisotopic (exact) mass is 1520 g/mol. The number of guanidine groups is 16. The van der Waals surface area contributed by atoms with E-state index in [1.807, 2.05) is 97.4 Å². The number of nitrogens with one attached hydrogen (secondary N) is 24. The SMILES string of the molecule is CCCCCN=C1NC(=NC)NC(C)N1.CCCCCN=C1NC(C)NC(=N)N1C.CCCCN=C1NC(=NC)NC(C)N1.CCCCN=C1NC(C)NC(=N)N1C.CCCN=C1NC(=NC)NC(C)N1.CCCN=C1NC(C)NC(=N)N1C.CCN=C1NC(=NC)NC(C)N1.CCN=C1NC(C)NC(=N)N1C. The lowest BCUT2D eigenvalue weighted by Gasteiger charge is -2.33. The van der Waals surface area contributed by atoms with E-state index < -0.39 is 0 Å². The van der Waals surface area contributed by atoms with Crippen molar-refractivity contribution in [2.24, 2.45) is 59.9 Å². The van der Waals surface area contributed by atoms with Crippen LogP contribution in [0.2, 0.25) is 0 Å². The molecule has 8 unspecified atom stereocenters. The summed E-state index contributed by atoms with van der Waals surface area (Å²) < 4.78 is 0. The van der Waals surface area contributed by atoms with Crippen LogP contribution in [-0.4, -0.2) is 273 Å². The van der Waals surface area contributed by atoms with Crippen LogP contribution in [0.25, 0.3) is 0 Å². The third-order valence-corrected chi connectivity index (χ3v) is 15.3. The molecule has 8 saturated heterocycles. The number of hydrogen-bond acceptors (Lipinski definition) is 16. The highest BCUT2D eigenvalue weighted by molar-refractivity contribution is 6.04. The van der Waals surface area contributed by atoms with Gasteiger partial charge in [-0.15, -0.1) is 0 Å². The Kier molecular flexibility index (Phi) is 50.0. The summed E-state index contributed by atoms with van der Waals surface area (Å²) in [5.41, 5.74) is 0. The molecule has 24 N–H and O–H groups in total. The van der Waals surface area contributed by atoms with Crippen LogP contribution in [0.3, 0.4) is 0 Å². The fourth-order valence-corrected chi connectivity index (χ4v) is 9.43. The van der Waals surface area contributed by atoms with E-state index in [9.17, 15) is 0 Å². The van der Waals surface area contributed by atoms with E-state index >= 15 is 0 Å². The minimum atomic E-state index is 0.0821. The number of unbranched alkanes of at least 4 members (excludes halogenated alkanes) is 6. The molecule has 0 saturated carbocycles. The van der Waals surface area contributed by atoms with Crippen LogP contribution in [0.4, 0.5) is 0 Å². The fraction of sp³-hybridized carbons (Fsp3) is 0.765. The lowest BCUT2D eigenvalue weighted by molar-refractivity contribution is 0.496. The molecule has 8 aliphatic rings. The van der Waals surface area contributed by atoms with Gasteiger partial charge in [0.05, 0.1) is 49.3 Å². The van der Waals surface area contributed by atoms with Gasteiger partial charge in [-0.2, -0.15) is 0 Å². The molecule has 0 radical (unpaired) electrons. The maximum absolute atomic E-state index is 7.67. The summed E-state index contributed by atoms with van der Waals surface area (Å²) in [4.78, 5) is 57.8. The standard InChI is InChI=1S/2C10H21N5.2C9H19N5.2C8H17N5.2C7H15N5/c1-4-5-6-7-12-10-14-8(2)13-9(11)15(10)3;1-4-5-6-7-12-10-14-8(2)13-9(11-3)15-10;1-4-5-6-11-9-13-7(2)12-8(10)14(9)3;1-4-5-6-11-9-13-7(2)12-8(10-3)14-9;1-4-5-10-8-12-6(2)11-7(9)13(8)3;1-4-5-10-8-12-6(2)11-7(9-3)13-8;1-4-9-7-11-5(2)10-6(8)12(7)3;1-4-9-7-11-5(2)10-6(8-3)12-7/h8H,4-7H2,1-3H3,(H2,11,13)(H,12,14);8H,4-7H2,1-3H3,(H3,11,12,13,14,15);7H,4-6H2,1-3H3,(H2,10,12)(H,11,13);7H,4-6H2,1-3H3,(H3,10,11,12,13,14);6H,4-5H2,1-3H3,(H2,9,11)(H,10,12);6H,4-5H2,1-3H3,(H3,9,10,11,12,13);5H,4H2,1-3H3,(H2,8,10)(H,9,11);5H,4H2,1-3H3,(H3,8,9,10,11,12). The Morgan fingerprint density at radius 2 is 0.454 bits per heavy atom. The van der Waals surface area contributed by atoms with Crippen molar-refractivity contribution in [3.05, 3.63) is 0 Å². The molecule has 0 aromatic heterocycles. The molecule has 616 valence electrons. The van der Waals surface area contributed by atoms with Gasteiger partial charge in [0.1, 0.15) is 0 Å². The molecule has 8 aliphatic heterocycles. The van der Waals surface area contributed by atoms with Gasteiger partial charge in [-0.25, -0.2) is 0 Å². The molecule has 0 aromatic rings. The Morgan fingerprint density at radius 1 is 0.241 bits per heavy atom. The average molecular weight is 1520 g/mol. The predicted octanol–water partition coefficient (Wildman–Crippen LogP) is 1.66. The van der Waals surface area contributed by atoms with E-state index in [0.717, 1.165) is 169 Å². The van der Waals surface area contributed by atoms with Gasteiger partial charge >= 0.3 is 0 Å². The van der Waals surface area contributed by atoms with Crippen LogP contribution in [0, 0.1) is 21.6 Å². The molecule has 40 nitrogen and oxygen atoms in total. The normalized spacial score (nSPS) is 26.4. The van der Waals surface area contributed by atoms with Gasteiger partial charge in [-0.1, -0.05) is 80.1 Å². The quantitative estimate of drug-likeness (QED) is 0.0771. The number of aliphatic imine (C=N–C) groups is 12. The van der Waals surface area contributed by atoms with Crippen LogP contribution >= 0.6 is 0 Å². The summed E-state index contributed by atoms with van der Waals surface area (Å²) >= 11 is 0. The van der Waals surface area contributed by atoms with Crippen LogP contribution in [0.15, 0.2) is 59.9 Å². The van der Waals surface area contributed by atoms with Gasteiger partial charge in [0.2, 0.25) is 23.8 Å². The summed E-state index contributed by atoms with van der Waals surface area (Å²) in [6.07, 6.45) is 14.8. The second-order valence-electron chi connectivity index (χ2n) is 25.6. The highest BCUT2D eigenvalue weighted by Crippen LogP contribution is 2.02. The second-order valence-corrected chi connectivity index (χ2v) is 25.6. The molecule has 8 atom stereocenters. The van der Waals surface area contributed by atoms with E-state index in [-0.39, 0.29) is 49.3 Å². The molecule has 0 amide bonds. The van der Waals surface area contributed by atoms with Crippen molar-refractivity contribution in [1.29, 1.82) is 21.6 Å². The molecule has 8 fully saturated rings. The summed E-state index contributed by atoms with van der Waals surface area (Å²) in [6, 6.07) is 0. The molecule has 0 spiro atoms. The first kappa shape index (κ1) is 95.9. The Morgan fingerprint density at radius 3 is 0.722 bits per heavy atom. The first-order valence-corrected chi connectivity index (χ1v) is 38.5. The largest absolute Gasteiger partial charge is 0.336 e. The zero-order valence-corrected chi connectivity index (χ0v) is 69.9. The minimum absolute atomic E-state index is 0.0821. The van der Waals surface area contributed by atoms with E-state index in [0.29, 0.717) is 23.8 Å². The third-order valence-electron chi connectivity index (χ3n) is 15.3. The maximum atomic E-state index is 7.67. The first-order chi connectivity index (χ1) is 51.6. The van der Waals surface area contributed by atoms with Gasteiger partial charge in [0, 0.05) is 109 Å². The van der Waals surface area contributed by atoms with Crippen molar-refractivity contribution in [3.63, 3.8) is 0 Å². The van der Waals surface area contributed by atoms with Gasteiger partial charge in [-0.3, -0.25) is 122 Å². The predicted molar refractivity (Wildman–Crippen MR) is 453 cm³/mol. The van der Waals surface area contributed by atoms with E-state index in [4.69, 9.17) is 21.6 Å². The van der Waals surface area contributed by atoms with Gasteiger partial charge in [0.25, 0.3) is 0 Å². The summed E-state index contributed by atoms with van der Waals surface area (Å²) in [6.45, 7) is 39.3. The number of nitrogens with zero attached hydrogens (tertiary/aromatic N) is 16. The second kappa shape index (κ2) is 56.2. The molecule has 40 heteroatoms. The Bertz CT molecular complexity index is 3000. The Labute approximate surface area is 646 Å². The number of rotatable bonds is 20. The zero-order chi connectivity index (χ0) is 80.9. The van der Waals surface area contributed by atoms with Crippen molar-refractivity contribution in [3.8, 4) is 0 Å². The highest BCUT2D eigenvalue weighted by Gasteiger charge is 2.25. The third kappa shape index (κ3) is 40.6. The topological polar surface area (TPSA) is 497 Å². The molecule has 108 heavy (non-hydrogen) atoms. The summed E-state index contributed by atoms with van der Waals surface area (Å²) in [5, 5.41) is 92.3. The van der Waals surface area contributed by atoms with Crippen molar-refractivity contribution in [1.82, 2.24) is 126 Å². The molecule has 0 bridgehead atoms. The average Bonchev–Trinajstić information content (AvgIpc) is 0.867. The van der Waals surface area contributed by atoms with Crippen molar-refractivity contribution >= 4 is 95.4 Å². The molecule has 0 aliphatic carbocycles. The van der Waals surface area contributed by atoms with Gasteiger partial charge in [0.15, 0.2) is 71.5 Å². The Hall–Kier alpha value is -10.1. The summed E-state index contributed by atoms with van der Waals surface area (Å²) in [7, 11) is 14.3. The van der Waals surface area contributed by atoms with Gasteiger partial charge < -0.3 is 85.1 Å².